The Hall–Kier alpha value is -2.54. The zero-order valence-corrected chi connectivity index (χ0v) is 14.6. The van der Waals surface area contributed by atoms with Gasteiger partial charge in [-0.1, -0.05) is 0 Å². The van der Waals surface area contributed by atoms with Gasteiger partial charge >= 0.3 is 0 Å². The second kappa shape index (κ2) is 7.35. The average Bonchev–Trinajstić information content (AvgIpc) is 2.55. The van der Waals surface area contributed by atoms with E-state index < -0.39 is 10.0 Å². The number of anilines is 2. The fourth-order valence-corrected chi connectivity index (χ4v) is 2.52. The fourth-order valence-electron chi connectivity index (χ4n) is 2.02. The highest BCUT2D eigenvalue weighted by Gasteiger charge is 2.13. The maximum atomic E-state index is 12.2. The molecule has 2 rings (SSSR count). The lowest BCUT2D eigenvalue weighted by atomic mass is 10.2. The van der Waals surface area contributed by atoms with Crippen LogP contribution in [0.3, 0.4) is 0 Å². The van der Waals surface area contributed by atoms with Crippen LogP contribution in [-0.2, 0) is 10.0 Å². The highest BCUT2D eigenvalue weighted by atomic mass is 32.2. The summed E-state index contributed by atoms with van der Waals surface area (Å²) in [6, 6.07) is 13.4. The van der Waals surface area contributed by atoms with Gasteiger partial charge in [0.25, 0.3) is 5.91 Å². The minimum Gasteiger partial charge on any atom is -0.494 e. The normalized spacial score (nSPS) is 11.0. The smallest absolute Gasteiger partial charge is 0.255 e. The Bertz CT molecular complexity index is 799. The van der Waals surface area contributed by atoms with Gasteiger partial charge < -0.3 is 10.1 Å². The molecule has 0 aliphatic rings. The van der Waals surface area contributed by atoms with Crippen molar-refractivity contribution >= 4 is 27.3 Å². The van der Waals surface area contributed by atoms with E-state index in [0.29, 0.717) is 23.5 Å². The van der Waals surface area contributed by atoms with E-state index in [1.54, 1.807) is 48.5 Å². The van der Waals surface area contributed by atoms with Gasteiger partial charge in [-0.25, -0.2) is 8.42 Å². The van der Waals surface area contributed by atoms with Crippen molar-refractivity contribution in [1.29, 1.82) is 0 Å². The number of nitrogens with zero attached hydrogens (tertiary/aromatic N) is 1. The molecule has 0 atom stereocenters. The first-order valence-corrected chi connectivity index (χ1v) is 9.24. The standard InChI is InChI=1S/C17H20N2O4S/c1-4-23-16-11-7-14(8-12-16)18-17(20)13-5-9-15(10-6-13)19(2)24(3,21)22/h5-12H,4H2,1-3H3,(H,18,20). The van der Waals surface area contributed by atoms with Crippen LogP contribution in [0.2, 0.25) is 0 Å². The van der Waals surface area contributed by atoms with E-state index in [4.69, 9.17) is 4.74 Å². The first kappa shape index (κ1) is 17.8. The maximum absolute atomic E-state index is 12.2. The van der Waals surface area contributed by atoms with Crippen LogP contribution in [-0.4, -0.2) is 34.2 Å². The molecule has 1 N–H and O–H groups in total. The fraction of sp³-hybridized carbons (Fsp3) is 0.235. The molecule has 0 unspecified atom stereocenters. The molecule has 7 heteroatoms. The van der Waals surface area contributed by atoms with E-state index in [0.717, 1.165) is 16.3 Å². The summed E-state index contributed by atoms with van der Waals surface area (Å²) in [5.74, 6) is 0.469. The van der Waals surface area contributed by atoms with Crippen molar-refractivity contribution in [2.24, 2.45) is 0 Å². The molecular weight excluding hydrogens is 328 g/mol. The number of sulfonamides is 1. The monoisotopic (exact) mass is 348 g/mol. The predicted molar refractivity (Wildman–Crippen MR) is 95.3 cm³/mol. The van der Waals surface area contributed by atoms with E-state index in [2.05, 4.69) is 5.32 Å². The van der Waals surface area contributed by atoms with E-state index in [-0.39, 0.29) is 5.91 Å². The van der Waals surface area contributed by atoms with Crippen molar-refractivity contribution < 1.29 is 17.9 Å². The molecule has 0 aliphatic heterocycles. The number of hydrogen-bond donors (Lipinski definition) is 1. The first-order valence-electron chi connectivity index (χ1n) is 7.39. The molecule has 0 bridgehead atoms. The van der Waals surface area contributed by atoms with E-state index in [9.17, 15) is 13.2 Å². The van der Waals surface area contributed by atoms with Gasteiger partial charge in [-0.3, -0.25) is 9.10 Å². The van der Waals surface area contributed by atoms with Crippen molar-refractivity contribution in [3.05, 3.63) is 54.1 Å². The predicted octanol–water partition coefficient (Wildman–Crippen LogP) is 2.73. The number of hydrogen-bond acceptors (Lipinski definition) is 4. The Morgan fingerprint density at radius 1 is 1.08 bits per heavy atom. The summed E-state index contributed by atoms with van der Waals surface area (Å²) in [6.07, 6.45) is 1.12. The lowest BCUT2D eigenvalue weighted by molar-refractivity contribution is 0.102. The van der Waals surface area contributed by atoms with Crippen molar-refractivity contribution in [2.75, 3.05) is 29.5 Å². The van der Waals surface area contributed by atoms with Gasteiger partial charge in [0.2, 0.25) is 10.0 Å². The third-order valence-electron chi connectivity index (χ3n) is 3.41. The highest BCUT2D eigenvalue weighted by molar-refractivity contribution is 7.92. The topological polar surface area (TPSA) is 75.7 Å². The zero-order chi connectivity index (χ0) is 17.7. The number of benzene rings is 2. The van der Waals surface area contributed by atoms with E-state index in [1.807, 2.05) is 6.92 Å². The van der Waals surface area contributed by atoms with Gasteiger partial charge in [0.15, 0.2) is 0 Å². The van der Waals surface area contributed by atoms with Crippen LogP contribution in [0.15, 0.2) is 48.5 Å². The molecule has 2 aromatic rings. The van der Waals surface area contributed by atoms with Crippen LogP contribution in [0.25, 0.3) is 0 Å². The second-order valence-electron chi connectivity index (χ2n) is 5.19. The van der Waals surface area contributed by atoms with Crippen LogP contribution in [0, 0.1) is 0 Å². The summed E-state index contributed by atoms with van der Waals surface area (Å²) >= 11 is 0. The Morgan fingerprint density at radius 3 is 2.17 bits per heavy atom. The van der Waals surface area contributed by atoms with Crippen molar-refractivity contribution in [3.8, 4) is 5.75 Å². The molecule has 6 nitrogen and oxygen atoms in total. The number of carbonyl (C=O) groups excluding carboxylic acids is 1. The number of amides is 1. The van der Waals surface area contributed by atoms with Gasteiger partial charge in [0.1, 0.15) is 5.75 Å². The van der Waals surface area contributed by atoms with E-state index in [1.165, 1.54) is 7.05 Å². The van der Waals surface area contributed by atoms with Crippen molar-refractivity contribution in [3.63, 3.8) is 0 Å². The van der Waals surface area contributed by atoms with Gasteiger partial charge in [-0.15, -0.1) is 0 Å². The van der Waals surface area contributed by atoms with Crippen LogP contribution < -0.4 is 14.4 Å². The molecule has 1 amide bonds. The number of nitrogens with one attached hydrogen (secondary N) is 1. The SMILES string of the molecule is CCOc1ccc(NC(=O)c2ccc(N(C)S(C)(=O)=O)cc2)cc1. The van der Waals surface area contributed by atoms with Crippen LogP contribution in [0.4, 0.5) is 11.4 Å². The molecule has 0 fully saturated rings. The lowest BCUT2D eigenvalue weighted by Crippen LogP contribution is -2.24. The van der Waals surface area contributed by atoms with Crippen LogP contribution in [0.1, 0.15) is 17.3 Å². The number of carbonyl (C=O) groups is 1. The Labute approximate surface area is 142 Å². The average molecular weight is 348 g/mol. The molecular formula is C17H20N2O4S. The molecule has 128 valence electrons. The molecule has 2 aromatic carbocycles. The Morgan fingerprint density at radius 2 is 1.67 bits per heavy atom. The Kier molecular flexibility index (Phi) is 5.46. The molecule has 0 spiro atoms. The van der Waals surface area contributed by atoms with Crippen molar-refractivity contribution in [2.45, 2.75) is 6.92 Å². The minimum atomic E-state index is -3.33. The maximum Gasteiger partial charge on any atom is 0.255 e. The van der Waals surface area contributed by atoms with Crippen molar-refractivity contribution in [1.82, 2.24) is 0 Å². The lowest BCUT2D eigenvalue weighted by Gasteiger charge is -2.16. The summed E-state index contributed by atoms with van der Waals surface area (Å²) in [5, 5.41) is 2.78. The summed E-state index contributed by atoms with van der Waals surface area (Å²) in [5.41, 5.74) is 1.59. The molecule has 0 aromatic heterocycles. The summed E-state index contributed by atoms with van der Waals surface area (Å²) < 4.78 is 29.5. The van der Waals surface area contributed by atoms with Gasteiger partial charge in [0.05, 0.1) is 18.6 Å². The van der Waals surface area contributed by atoms with E-state index >= 15 is 0 Å². The first-order chi connectivity index (χ1) is 11.3. The third-order valence-corrected chi connectivity index (χ3v) is 4.62. The largest absolute Gasteiger partial charge is 0.494 e. The third kappa shape index (κ3) is 4.48. The molecule has 0 saturated heterocycles. The molecule has 0 saturated carbocycles. The summed E-state index contributed by atoms with van der Waals surface area (Å²) in [7, 11) is -1.86. The summed E-state index contributed by atoms with van der Waals surface area (Å²) in [4.78, 5) is 12.2. The van der Waals surface area contributed by atoms with Gasteiger partial charge in [0, 0.05) is 18.3 Å². The van der Waals surface area contributed by atoms with Gasteiger partial charge in [-0.05, 0) is 55.5 Å². The minimum absolute atomic E-state index is 0.271. The highest BCUT2D eigenvalue weighted by Crippen LogP contribution is 2.19. The molecule has 24 heavy (non-hydrogen) atoms. The molecule has 0 heterocycles. The Balaban J connectivity index is 2.07. The zero-order valence-electron chi connectivity index (χ0n) is 13.8. The second-order valence-corrected chi connectivity index (χ2v) is 7.20. The van der Waals surface area contributed by atoms with Crippen LogP contribution >= 0.6 is 0 Å². The van der Waals surface area contributed by atoms with Crippen LogP contribution in [0.5, 0.6) is 5.75 Å². The van der Waals surface area contributed by atoms with Gasteiger partial charge in [-0.2, -0.15) is 0 Å². The number of rotatable bonds is 6. The quantitative estimate of drug-likeness (QED) is 0.871. The summed E-state index contributed by atoms with van der Waals surface area (Å²) in [6.45, 7) is 2.49. The molecule has 0 aliphatic carbocycles. The number of ether oxygens (including phenoxy) is 1. The molecule has 0 radical (unpaired) electrons.